The van der Waals surface area contributed by atoms with E-state index in [1.54, 1.807) is 24.3 Å². The summed E-state index contributed by atoms with van der Waals surface area (Å²) >= 11 is 0. The average Bonchev–Trinajstić information content (AvgIpc) is 2.76. The summed E-state index contributed by atoms with van der Waals surface area (Å²) < 4.78 is 25.7. The molecular weight excluding hydrogens is 266 g/mol. The van der Waals surface area contributed by atoms with Crippen LogP contribution in [0.5, 0.6) is 0 Å². The molecule has 0 fully saturated rings. The highest BCUT2D eigenvalue weighted by atomic mass is 32.2. The first-order chi connectivity index (χ1) is 8.97. The molecule has 1 unspecified atom stereocenters. The lowest BCUT2D eigenvalue weighted by molar-refractivity contribution is -0.138. The van der Waals surface area contributed by atoms with Crippen molar-refractivity contribution in [3.8, 4) is 0 Å². The number of fused-ring (bicyclic) bond motifs is 1. The lowest BCUT2D eigenvalue weighted by Gasteiger charge is -2.24. The summed E-state index contributed by atoms with van der Waals surface area (Å²) in [5.74, 6) is -1.11. The Morgan fingerprint density at radius 2 is 2.11 bits per heavy atom. The Morgan fingerprint density at radius 1 is 1.42 bits per heavy atom. The fourth-order valence-electron chi connectivity index (χ4n) is 2.31. The number of carbonyl (C=O) groups is 1. The van der Waals surface area contributed by atoms with E-state index in [0.29, 0.717) is 12.1 Å². The molecule has 1 atom stereocenters. The van der Waals surface area contributed by atoms with E-state index >= 15 is 0 Å². The standard InChI is InChI=1S/C13H17NO4S/c1-2-3-8-19(17,18)14-11-7-5-4-6-10(11)9-12(14)13(15)16/h4-7,12H,2-3,8-9H2,1H3,(H,15,16). The molecule has 0 amide bonds. The first kappa shape index (κ1) is 13.9. The van der Waals surface area contributed by atoms with Crippen molar-refractivity contribution in [3.63, 3.8) is 0 Å². The van der Waals surface area contributed by atoms with E-state index in [2.05, 4.69) is 0 Å². The number of nitrogens with zero attached hydrogens (tertiary/aromatic N) is 1. The van der Waals surface area contributed by atoms with Crippen LogP contribution in [-0.2, 0) is 21.2 Å². The molecule has 0 bridgehead atoms. The third-order valence-electron chi connectivity index (χ3n) is 3.27. The van der Waals surface area contributed by atoms with Crippen LogP contribution in [0.3, 0.4) is 0 Å². The average molecular weight is 283 g/mol. The number of hydrogen-bond acceptors (Lipinski definition) is 3. The van der Waals surface area contributed by atoms with Crippen molar-refractivity contribution in [3.05, 3.63) is 29.8 Å². The molecule has 1 aromatic carbocycles. The predicted molar refractivity (Wildman–Crippen MR) is 72.7 cm³/mol. The van der Waals surface area contributed by atoms with Crippen LogP contribution in [0, 0.1) is 0 Å². The minimum Gasteiger partial charge on any atom is -0.480 e. The van der Waals surface area contributed by atoms with E-state index in [-0.39, 0.29) is 12.2 Å². The van der Waals surface area contributed by atoms with Gasteiger partial charge in [0.2, 0.25) is 10.0 Å². The first-order valence-electron chi connectivity index (χ1n) is 6.30. The van der Waals surface area contributed by atoms with E-state index in [1.807, 2.05) is 6.92 Å². The lowest BCUT2D eigenvalue weighted by atomic mass is 10.1. The van der Waals surface area contributed by atoms with E-state index in [9.17, 15) is 18.3 Å². The van der Waals surface area contributed by atoms with Gasteiger partial charge in [0.1, 0.15) is 6.04 Å². The number of carboxylic acids is 1. The maximum Gasteiger partial charge on any atom is 0.327 e. The quantitative estimate of drug-likeness (QED) is 0.891. The fourth-order valence-corrected chi connectivity index (χ4v) is 4.19. The molecule has 0 saturated carbocycles. The summed E-state index contributed by atoms with van der Waals surface area (Å²) in [6, 6.07) is 5.95. The molecule has 0 spiro atoms. The third kappa shape index (κ3) is 2.58. The Balaban J connectivity index is 2.42. The molecule has 2 rings (SSSR count). The van der Waals surface area contributed by atoms with Crippen LogP contribution < -0.4 is 4.31 Å². The summed E-state index contributed by atoms with van der Waals surface area (Å²) in [7, 11) is -3.58. The number of unbranched alkanes of at least 4 members (excludes halogenated alkanes) is 1. The number of para-hydroxylation sites is 1. The van der Waals surface area contributed by atoms with Crippen LogP contribution in [-0.4, -0.2) is 31.3 Å². The molecule has 1 aliphatic rings. The molecule has 6 heteroatoms. The van der Waals surface area contributed by atoms with Crippen molar-refractivity contribution >= 4 is 21.7 Å². The van der Waals surface area contributed by atoms with Crippen molar-refractivity contribution in [2.75, 3.05) is 10.1 Å². The Morgan fingerprint density at radius 3 is 2.74 bits per heavy atom. The van der Waals surface area contributed by atoms with Crippen LogP contribution in [0.1, 0.15) is 25.3 Å². The van der Waals surface area contributed by atoms with Gasteiger partial charge in [-0.15, -0.1) is 0 Å². The van der Waals surface area contributed by atoms with Gasteiger partial charge in [-0.25, -0.2) is 13.2 Å². The Bertz CT molecular complexity index is 582. The molecule has 19 heavy (non-hydrogen) atoms. The number of anilines is 1. The van der Waals surface area contributed by atoms with Crippen molar-refractivity contribution in [2.45, 2.75) is 32.2 Å². The summed E-state index contributed by atoms with van der Waals surface area (Å²) in [6.07, 6.45) is 1.52. The number of hydrogen-bond donors (Lipinski definition) is 1. The van der Waals surface area contributed by atoms with E-state index in [4.69, 9.17) is 0 Å². The first-order valence-corrected chi connectivity index (χ1v) is 7.91. The van der Waals surface area contributed by atoms with Crippen molar-refractivity contribution < 1.29 is 18.3 Å². The molecule has 0 radical (unpaired) electrons. The number of sulfonamides is 1. The fraction of sp³-hybridized carbons (Fsp3) is 0.462. The third-order valence-corrected chi connectivity index (χ3v) is 5.12. The van der Waals surface area contributed by atoms with Gasteiger partial charge in [0.25, 0.3) is 0 Å². The van der Waals surface area contributed by atoms with Crippen molar-refractivity contribution in [1.29, 1.82) is 0 Å². The number of rotatable bonds is 5. The number of aliphatic carboxylic acids is 1. The van der Waals surface area contributed by atoms with E-state index in [1.165, 1.54) is 0 Å². The molecule has 0 aromatic heterocycles. The lowest BCUT2D eigenvalue weighted by Crippen LogP contribution is -2.43. The minimum absolute atomic E-state index is 0.0123. The Labute approximate surface area is 112 Å². The smallest absolute Gasteiger partial charge is 0.327 e. The minimum atomic E-state index is -3.58. The van der Waals surface area contributed by atoms with Crippen molar-refractivity contribution in [2.24, 2.45) is 0 Å². The van der Waals surface area contributed by atoms with Gasteiger partial charge in [-0.1, -0.05) is 31.5 Å². The molecule has 1 heterocycles. The SMILES string of the molecule is CCCCS(=O)(=O)N1c2ccccc2CC1C(=O)O. The normalized spacial score (nSPS) is 18.4. The molecular formula is C13H17NO4S. The predicted octanol–water partition coefficient (Wildman–Crippen LogP) is 1.63. The second-order valence-electron chi connectivity index (χ2n) is 4.65. The molecule has 1 aliphatic heterocycles. The second-order valence-corrected chi connectivity index (χ2v) is 6.62. The Kier molecular flexibility index (Phi) is 3.80. The van der Waals surface area contributed by atoms with E-state index < -0.39 is 22.0 Å². The van der Waals surface area contributed by atoms with Gasteiger partial charge in [-0.2, -0.15) is 0 Å². The van der Waals surface area contributed by atoms with Gasteiger partial charge in [0.05, 0.1) is 11.4 Å². The van der Waals surface area contributed by atoms with Crippen LogP contribution in [0.25, 0.3) is 0 Å². The Hall–Kier alpha value is -1.56. The molecule has 0 saturated heterocycles. The molecule has 0 aliphatic carbocycles. The van der Waals surface area contributed by atoms with Gasteiger partial charge in [-0.3, -0.25) is 4.31 Å². The van der Waals surface area contributed by atoms with Gasteiger partial charge in [0, 0.05) is 6.42 Å². The highest BCUT2D eigenvalue weighted by molar-refractivity contribution is 7.92. The monoisotopic (exact) mass is 283 g/mol. The zero-order valence-corrected chi connectivity index (χ0v) is 11.6. The van der Waals surface area contributed by atoms with E-state index in [0.717, 1.165) is 16.3 Å². The zero-order chi connectivity index (χ0) is 14.0. The molecule has 1 aromatic rings. The highest BCUT2D eigenvalue weighted by Crippen LogP contribution is 2.34. The van der Waals surface area contributed by atoms with Crippen molar-refractivity contribution in [1.82, 2.24) is 0 Å². The number of carboxylic acid groups (broad SMARTS) is 1. The summed E-state index contributed by atoms with van der Waals surface area (Å²) in [4.78, 5) is 11.3. The summed E-state index contributed by atoms with van der Waals surface area (Å²) in [5, 5.41) is 9.24. The second kappa shape index (κ2) is 5.21. The highest BCUT2D eigenvalue weighted by Gasteiger charge is 2.40. The molecule has 5 nitrogen and oxygen atoms in total. The van der Waals surface area contributed by atoms with Gasteiger partial charge in [-0.05, 0) is 18.1 Å². The summed E-state index contributed by atoms with van der Waals surface area (Å²) in [6.45, 7) is 1.90. The van der Waals surface area contributed by atoms with Gasteiger partial charge in [0.15, 0.2) is 0 Å². The largest absolute Gasteiger partial charge is 0.480 e. The summed E-state index contributed by atoms with van der Waals surface area (Å²) in [5.41, 5.74) is 1.28. The van der Waals surface area contributed by atoms with Crippen LogP contribution >= 0.6 is 0 Å². The topological polar surface area (TPSA) is 74.7 Å². The maximum atomic E-state index is 12.3. The maximum absolute atomic E-state index is 12.3. The van der Waals surface area contributed by atoms with Gasteiger partial charge < -0.3 is 5.11 Å². The number of benzene rings is 1. The van der Waals surface area contributed by atoms with Crippen LogP contribution in [0.4, 0.5) is 5.69 Å². The zero-order valence-electron chi connectivity index (χ0n) is 10.7. The molecule has 1 N–H and O–H groups in total. The van der Waals surface area contributed by atoms with Crippen LogP contribution in [0.2, 0.25) is 0 Å². The van der Waals surface area contributed by atoms with Gasteiger partial charge >= 0.3 is 5.97 Å². The van der Waals surface area contributed by atoms with Crippen LogP contribution in [0.15, 0.2) is 24.3 Å². The molecule has 104 valence electrons.